The summed E-state index contributed by atoms with van der Waals surface area (Å²) in [5.41, 5.74) is -6.84. The van der Waals surface area contributed by atoms with Gasteiger partial charge in [0.2, 0.25) is 0 Å². The number of halogens is 9. The molecule has 0 unspecified atom stereocenters. The monoisotopic (exact) mass is 1860 g/mol. The van der Waals surface area contributed by atoms with Crippen molar-refractivity contribution in [2.45, 2.75) is 159 Å². The van der Waals surface area contributed by atoms with Gasteiger partial charge in [0.15, 0.2) is 29.6 Å². The van der Waals surface area contributed by atoms with Gasteiger partial charge in [-0.1, -0.05) is 103 Å². The highest BCUT2D eigenvalue weighted by Gasteiger charge is 2.53. The second kappa shape index (κ2) is 49.8. The lowest BCUT2D eigenvalue weighted by Gasteiger charge is -2.40. The summed E-state index contributed by atoms with van der Waals surface area (Å²) in [6, 6.07) is 48.4. The molecule has 4 saturated heterocycles. The molecule has 5 N–H and O–H groups in total. The maximum Gasteiger partial charge on any atom is 0.550 e. The van der Waals surface area contributed by atoms with Crippen molar-refractivity contribution in [3.05, 3.63) is 227 Å². The Morgan fingerprint density at radius 2 is 0.977 bits per heavy atom. The van der Waals surface area contributed by atoms with Gasteiger partial charge in [0, 0.05) is 94.6 Å². The fourth-order valence-electron chi connectivity index (χ4n) is 13.9. The number of carbonyl (C=O) groups excluding carboxylic acids is 5. The number of rotatable bonds is 16. The minimum absolute atomic E-state index is 0.0380. The number of aliphatic hydroxyl groups is 1. The van der Waals surface area contributed by atoms with Gasteiger partial charge < -0.3 is 68.0 Å². The summed E-state index contributed by atoms with van der Waals surface area (Å²) in [6.45, 7) is 18.6. The number of carbonyl (C=O) groups is 5. The van der Waals surface area contributed by atoms with Gasteiger partial charge in [-0.2, -0.15) is 46.9 Å². The number of benzene rings is 7. The number of aliphatic hydroxyl groups excluding tert-OH is 1. The first kappa shape index (κ1) is 105. The second-order valence-electron chi connectivity index (χ2n) is 29.4. The number of nitrogens with one attached hydrogen (secondary N) is 1. The van der Waals surface area contributed by atoms with Crippen molar-refractivity contribution in [2.24, 2.45) is 0 Å². The molecule has 0 radical (unpaired) electrons. The standard InChI is InChI=1S/C24H27NO3.C15H15F3O4S.C13H14O3.C11H16BNO3.C8H5F6NO4S2.C8H8O2.C5H8O2.C4H9N.CH4O/c1-3-25(4-2)23(26)19-11-9-18(10-12-19)21-17-24(13-15-27-16-14-24)28-22-8-6-5-7-20(21)22;16-15(17,18)23(19,20)22-13-10-14(8-4-1-5-9-14)21-12-7-3-2-6-11(12)13;14-11-9-13(5-7-15-8-6-13)16-12-4-2-1-3-10(11)12;1-3-13(4-2)11(14)9-5-7-10(8-6-9)12(15)16;9-7(10,11)18-19-20-15(6-4-2-1-3-5-6)21(16,17)8(12,13)14;1-6(9)7-4-2-3-5-8(7)10;6-5-1-3-7-4-2-5;1-2-4-5-3-1;1-2/h5-12,17H,3-4,13-16H2,1-2H3;2-3,6-7,10H,1,4-5,8-9H2;1-4H,5-9H2;5-8,15-16H,3-4H2,1-2H3;1-5H;2-5,10H,1H3;1-4H2;5H,1-4H2;2H,1H3. The third kappa shape index (κ3) is 30.9. The second-order valence-corrected chi connectivity index (χ2v) is 33.6. The van der Waals surface area contributed by atoms with E-state index in [4.69, 9.17) is 48.7 Å². The van der Waals surface area contributed by atoms with Gasteiger partial charge >= 0.3 is 44.6 Å². The Labute approximate surface area is 743 Å². The van der Waals surface area contributed by atoms with Gasteiger partial charge in [-0.25, -0.2) is 0 Å². The number of hydrogen-bond acceptors (Lipinski definition) is 24. The van der Waals surface area contributed by atoms with Crippen LogP contribution in [0.25, 0.3) is 11.3 Å². The van der Waals surface area contributed by atoms with Gasteiger partial charge in [-0.3, -0.25) is 24.0 Å². The van der Waals surface area contributed by atoms with E-state index in [9.17, 15) is 80.3 Å². The number of ether oxygens (including phenoxy) is 6. The molecule has 0 bridgehead atoms. The molecule has 2 amide bonds. The number of phenols is 1. The number of fused-ring (bicyclic) bond motifs is 3. The van der Waals surface area contributed by atoms with Crippen molar-refractivity contribution in [3.63, 3.8) is 0 Å². The van der Waals surface area contributed by atoms with E-state index in [0.717, 1.165) is 111 Å². The summed E-state index contributed by atoms with van der Waals surface area (Å²) in [4.78, 5) is 64.0. The van der Waals surface area contributed by atoms with Crippen LogP contribution in [0.2, 0.25) is 0 Å². The van der Waals surface area contributed by atoms with Crippen molar-refractivity contribution in [2.75, 3.05) is 89.7 Å². The topological polar surface area (TPSA) is 339 Å². The number of sulfonamides is 1. The fraction of sp³-hybridized carbons (Fsp3) is 0.427. The number of Topliss-reactive ketones (excluding diaryl/α,β-unsaturated/α-hetero) is 3. The average molecular weight is 1860 g/mol. The van der Waals surface area contributed by atoms with Crippen molar-refractivity contribution >= 4 is 91.1 Å². The van der Waals surface area contributed by atoms with E-state index >= 15 is 0 Å². The van der Waals surface area contributed by atoms with Gasteiger partial charge in [-0.15, -0.1) is 22.4 Å². The number of para-hydroxylation sites is 5. The van der Waals surface area contributed by atoms with E-state index in [1.807, 2.05) is 87.2 Å². The summed E-state index contributed by atoms with van der Waals surface area (Å²) in [7, 11) is -12.2. The highest BCUT2D eigenvalue weighted by Crippen LogP contribution is 2.47. The van der Waals surface area contributed by atoms with E-state index in [2.05, 4.69) is 43.0 Å². The van der Waals surface area contributed by atoms with Crippen molar-refractivity contribution < 1.29 is 142 Å². The smallest absolute Gasteiger partial charge is 0.507 e. The Hall–Kier alpha value is -9.91. The minimum atomic E-state index is -5.99. The third-order valence-electron chi connectivity index (χ3n) is 20.7. The number of hydrogen-bond donors (Lipinski definition) is 5. The number of alkyl halides is 9. The van der Waals surface area contributed by atoms with Gasteiger partial charge in [0.05, 0.1) is 68.4 Å². The van der Waals surface area contributed by atoms with E-state index in [1.165, 1.54) is 74.8 Å². The largest absolute Gasteiger partial charge is 0.550 e. The van der Waals surface area contributed by atoms with Crippen LogP contribution in [0.5, 0.6) is 23.0 Å². The lowest BCUT2D eigenvalue weighted by atomic mass is 9.80. The molecular weight excluding hydrogens is 1750 g/mol. The zero-order valence-electron chi connectivity index (χ0n) is 71.5. The molecule has 15 rings (SSSR count). The molecule has 128 heavy (non-hydrogen) atoms. The summed E-state index contributed by atoms with van der Waals surface area (Å²) in [5.74, 6) is 2.20. The zero-order valence-corrected chi connectivity index (χ0v) is 73.9. The van der Waals surface area contributed by atoms with Crippen molar-refractivity contribution in [1.82, 2.24) is 15.1 Å². The highest BCUT2D eigenvalue weighted by molar-refractivity contribution is 8.12. The molecular formula is C89H106BF9N4O22S3. The quantitative estimate of drug-likeness (QED) is 0.00690. The number of nitrogens with zero attached hydrogens (tertiary/aromatic N) is 3. The van der Waals surface area contributed by atoms with Gasteiger partial charge in [0.1, 0.15) is 45.6 Å². The summed E-state index contributed by atoms with van der Waals surface area (Å²) in [5, 5.41) is 37.1. The summed E-state index contributed by atoms with van der Waals surface area (Å²) < 4.78 is 197. The first-order valence-corrected chi connectivity index (χ1v) is 44.8. The number of amides is 2. The van der Waals surface area contributed by atoms with Crippen LogP contribution < -0.4 is 28.7 Å². The molecule has 7 aromatic rings. The normalized spacial score (nSPS) is 16.7. The molecule has 39 heteroatoms. The number of anilines is 1. The zero-order chi connectivity index (χ0) is 93.9. The molecule has 698 valence electrons. The maximum atomic E-state index is 12.6. The molecule has 5 fully saturated rings. The number of ketones is 3. The number of aromatic hydroxyl groups is 1. The fourth-order valence-corrected chi connectivity index (χ4v) is 16.0. The van der Waals surface area contributed by atoms with E-state index < -0.39 is 71.9 Å². The molecule has 0 atom stereocenters. The first-order valence-electron chi connectivity index (χ1n) is 41.3. The molecule has 1 saturated carbocycles. The molecule has 26 nitrogen and oxygen atoms in total. The Morgan fingerprint density at radius 3 is 1.43 bits per heavy atom. The van der Waals surface area contributed by atoms with Crippen LogP contribution in [-0.4, -0.2) is 203 Å². The van der Waals surface area contributed by atoms with Crippen LogP contribution in [0.15, 0.2) is 188 Å². The highest BCUT2D eigenvalue weighted by atomic mass is 32.3. The first-order chi connectivity index (χ1) is 60.8. The van der Waals surface area contributed by atoms with Crippen LogP contribution in [0, 0.1) is 0 Å². The lowest BCUT2D eigenvalue weighted by molar-refractivity contribution is -0.440. The molecule has 7 aromatic carbocycles. The van der Waals surface area contributed by atoms with Crippen molar-refractivity contribution in [3.8, 4) is 23.0 Å². The van der Waals surface area contributed by atoms with Crippen LogP contribution in [0.1, 0.15) is 183 Å². The predicted octanol–water partition coefficient (Wildman–Crippen LogP) is 15.9. The van der Waals surface area contributed by atoms with E-state index in [0.29, 0.717) is 113 Å². The third-order valence-corrected chi connectivity index (χ3v) is 24.1. The average Bonchev–Trinajstić information content (AvgIpc) is 0.859. The molecule has 8 aliphatic rings. The Morgan fingerprint density at radius 1 is 0.523 bits per heavy atom. The van der Waals surface area contributed by atoms with Crippen LogP contribution in [-0.2, 0) is 52.6 Å². The summed E-state index contributed by atoms with van der Waals surface area (Å²) >= 11 is -0.782. The SMILES string of the molecule is C1CCNC1.CC(=O)c1ccccc1O.CCN(CC)C(=O)c1ccc(B(O)O)cc1.CCN(CC)C(=O)c1ccc(C2=CC3(CCOCC3)Oc3ccccc32)cc1.CO.O=C1CC2(CCOCC2)Oc2ccccc21.O=C1CCOCC1.O=S(=O)(N(SOOC(F)(F)F)c1ccccc1)C(F)(F)F.O=S(=O)(OC1=CC2(CCCCC2)Oc2ccccc21)C(F)(F)F. The lowest BCUT2D eigenvalue weighted by Crippen LogP contribution is -2.46. The molecule has 7 aliphatic heterocycles. The Bertz CT molecular complexity index is 4990. The Balaban J connectivity index is 0.000000208. The minimum Gasteiger partial charge on any atom is -0.507 e. The number of phenolic OH excluding ortho intramolecular Hbond substituents is 1. The van der Waals surface area contributed by atoms with Crippen LogP contribution in [0.3, 0.4) is 0 Å². The van der Waals surface area contributed by atoms with E-state index in [1.54, 1.807) is 65.6 Å². The Kier molecular flexibility index (Phi) is 40.9. The molecule has 1 aliphatic carbocycles. The predicted molar refractivity (Wildman–Crippen MR) is 463 cm³/mol. The molecule has 3 spiro atoms. The van der Waals surface area contributed by atoms with Crippen LogP contribution in [0.4, 0.5) is 45.2 Å². The van der Waals surface area contributed by atoms with Crippen LogP contribution >= 0.6 is 12.2 Å². The van der Waals surface area contributed by atoms with Crippen molar-refractivity contribution in [1.29, 1.82) is 0 Å². The van der Waals surface area contributed by atoms with E-state index in [-0.39, 0.29) is 51.7 Å². The summed E-state index contributed by atoms with van der Waals surface area (Å²) in [6.07, 6.45) is 10.1. The molecule has 0 aromatic heterocycles. The maximum absolute atomic E-state index is 12.6. The van der Waals surface area contributed by atoms with Gasteiger partial charge in [0.25, 0.3) is 11.8 Å². The molecule has 7 heterocycles. The van der Waals surface area contributed by atoms with Gasteiger partial charge in [-0.05, 0) is 188 Å².